The van der Waals surface area contributed by atoms with Gasteiger partial charge in [-0.25, -0.2) is 0 Å². The summed E-state index contributed by atoms with van der Waals surface area (Å²) in [6.07, 6.45) is 6.95. The van der Waals surface area contributed by atoms with Gasteiger partial charge in [-0.05, 0) is 50.2 Å². The Labute approximate surface area is 115 Å². The first-order valence-electron chi connectivity index (χ1n) is 7.99. The largest absolute Gasteiger partial charge is 0.316 e. The van der Waals surface area contributed by atoms with Gasteiger partial charge in [-0.2, -0.15) is 0 Å². The Kier molecular flexibility index (Phi) is 7.25. The Balaban J connectivity index is 2.36. The second-order valence-corrected chi connectivity index (χ2v) is 6.88. The molecule has 0 aromatic carbocycles. The fraction of sp³-hybridized carbons (Fsp3) is 1.00. The summed E-state index contributed by atoms with van der Waals surface area (Å²) in [5, 5.41) is 3.65. The van der Waals surface area contributed by atoms with E-state index in [1.807, 2.05) is 0 Å². The third-order valence-corrected chi connectivity index (χ3v) is 4.26. The molecular formula is C16H34N2. The molecule has 0 radical (unpaired) electrons. The zero-order valence-electron chi connectivity index (χ0n) is 13.1. The molecule has 0 aliphatic carbocycles. The van der Waals surface area contributed by atoms with Gasteiger partial charge in [-0.3, -0.25) is 0 Å². The molecule has 108 valence electrons. The number of hydrogen-bond donors (Lipinski definition) is 1. The molecule has 1 saturated heterocycles. The molecule has 1 heterocycles. The summed E-state index contributed by atoms with van der Waals surface area (Å²) < 4.78 is 0. The fourth-order valence-corrected chi connectivity index (χ4v) is 2.79. The van der Waals surface area contributed by atoms with Crippen molar-refractivity contribution in [2.75, 3.05) is 32.7 Å². The van der Waals surface area contributed by atoms with Gasteiger partial charge in [-0.15, -0.1) is 0 Å². The highest BCUT2D eigenvalue weighted by Gasteiger charge is 2.25. The van der Waals surface area contributed by atoms with Crippen LogP contribution in [0.4, 0.5) is 0 Å². The molecule has 1 unspecified atom stereocenters. The van der Waals surface area contributed by atoms with E-state index in [1.54, 1.807) is 0 Å². The zero-order valence-corrected chi connectivity index (χ0v) is 13.1. The van der Waals surface area contributed by atoms with Gasteiger partial charge in [-0.1, -0.05) is 40.5 Å². The molecule has 1 aliphatic heterocycles. The van der Waals surface area contributed by atoms with E-state index in [9.17, 15) is 0 Å². The van der Waals surface area contributed by atoms with E-state index in [0.717, 1.165) is 19.0 Å². The maximum absolute atomic E-state index is 3.65. The van der Waals surface area contributed by atoms with Crippen LogP contribution in [0.5, 0.6) is 0 Å². The van der Waals surface area contributed by atoms with Gasteiger partial charge >= 0.3 is 0 Å². The van der Waals surface area contributed by atoms with Crippen LogP contribution < -0.4 is 5.32 Å². The lowest BCUT2D eigenvalue weighted by Crippen LogP contribution is -2.43. The number of nitrogens with zero attached hydrogens (tertiary/aromatic N) is 1. The number of rotatable bonds is 7. The first-order chi connectivity index (χ1) is 8.56. The van der Waals surface area contributed by atoms with Crippen molar-refractivity contribution < 1.29 is 0 Å². The summed E-state index contributed by atoms with van der Waals surface area (Å²) in [7, 11) is 0. The summed E-state index contributed by atoms with van der Waals surface area (Å²) in [5.74, 6) is 0.754. The molecule has 0 bridgehead atoms. The molecule has 18 heavy (non-hydrogen) atoms. The smallest absolute Gasteiger partial charge is 0.00474 e. The average molecular weight is 254 g/mol. The first-order valence-corrected chi connectivity index (χ1v) is 7.99. The van der Waals surface area contributed by atoms with Crippen LogP contribution in [0.15, 0.2) is 0 Å². The molecule has 2 nitrogen and oxygen atoms in total. The lowest BCUT2D eigenvalue weighted by atomic mass is 9.86. The van der Waals surface area contributed by atoms with Crippen LogP contribution in [0.1, 0.15) is 59.8 Å². The van der Waals surface area contributed by atoms with E-state index in [1.165, 1.54) is 51.7 Å². The summed E-state index contributed by atoms with van der Waals surface area (Å²) >= 11 is 0. The Morgan fingerprint density at radius 1 is 1.11 bits per heavy atom. The van der Waals surface area contributed by atoms with Crippen LogP contribution in [0.3, 0.4) is 0 Å². The highest BCUT2D eigenvalue weighted by Crippen LogP contribution is 2.23. The normalized spacial score (nSPS) is 21.8. The van der Waals surface area contributed by atoms with Gasteiger partial charge in [0.1, 0.15) is 0 Å². The quantitative estimate of drug-likeness (QED) is 0.748. The monoisotopic (exact) mass is 254 g/mol. The zero-order chi connectivity index (χ0) is 13.4. The maximum atomic E-state index is 3.65. The predicted octanol–water partition coefficient (Wildman–Crippen LogP) is 3.52. The molecule has 1 aliphatic rings. The summed E-state index contributed by atoms with van der Waals surface area (Å²) in [5.41, 5.74) is 0.444. The average Bonchev–Trinajstić information content (AvgIpc) is 2.57. The van der Waals surface area contributed by atoms with Crippen LogP contribution in [0, 0.1) is 11.3 Å². The number of hydrogen-bond acceptors (Lipinski definition) is 2. The van der Waals surface area contributed by atoms with Crippen LogP contribution in [-0.2, 0) is 0 Å². The second kappa shape index (κ2) is 8.16. The Hall–Kier alpha value is -0.0800. The van der Waals surface area contributed by atoms with Crippen LogP contribution in [-0.4, -0.2) is 37.6 Å². The van der Waals surface area contributed by atoms with Crippen molar-refractivity contribution in [2.45, 2.75) is 59.8 Å². The van der Waals surface area contributed by atoms with E-state index in [4.69, 9.17) is 0 Å². The summed E-state index contributed by atoms with van der Waals surface area (Å²) in [4.78, 5) is 2.70. The lowest BCUT2D eigenvalue weighted by molar-refractivity contribution is 0.158. The molecule has 0 amide bonds. The molecule has 0 spiro atoms. The van der Waals surface area contributed by atoms with E-state index in [-0.39, 0.29) is 0 Å². The van der Waals surface area contributed by atoms with Crippen molar-refractivity contribution in [1.29, 1.82) is 0 Å². The van der Waals surface area contributed by atoms with Crippen molar-refractivity contribution in [1.82, 2.24) is 10.2 Å². The van der Waals surface area contributed by atoms with Gasteiger partial charge in [0.25, 0.3) is 0 Å². The van der Waals surface area contributed by atoms with E-state index in [2.05, 4.69) is 37.9 Å². The van der Waals surface area contributed by atoms with Crippen molar-refractivity contribution in [3.05, 3.63) is 0 Å². The maximum Gasteiger partial charge on any atom is 0.00474 e. The van der Waals surface area contributed by atoms with Gasteiger partial charge < -0.3 is 10.2 Å². The number of likely N-dealkylation sites (tertiary alicyclic amines) is 1. The van der Waals surface area contributed by atoms with E-state index in [0.29, 0.717) is 5.41 Å². The minimum atomic E-state index is 0.444. The van der Waals surface area contributed by atoms with Gasteiger partial charge in [0.05, 0.1) is 0 Å². The van der Waals surface area contributed by atoms with Crippen LogP contribution >= 0.6 is 0 Å². The summed E-state index contributed by atoms with van der Waals surface area (Å²) in [6.45, 7) is 15.6. The molecule has 2 heteroatoms. The third kappa shape index (κ3) is 6.19. The summed E-state index contributed by atoms with van der Waals surface area (Å²) in [6, 6.07) is 0. The molecule has 1 rings (SSSR count). The van der Waals surface area contributed by atoms with Gasteiger partial charge in [0.2, 0.25) is 0 Å². The molecule has 1 atom stereocenters. The Bertz CT molecular complexity index is 207. The lowest BCUT2D eigenvalue weighted by Gasteiger charge is -2.35. The van der Waals surface area contributed by atoms with E-state index >= 15 is 0 Å². The molecule has 0 aromatic heterocycles. The van der Waals surface area contributed by atoms with E-state index < -0.39 is 0 Å². The topological polar surface area (TPSA) is 15.3 Å². The molecule has 1 N–H and O–H groups in total. The van der Waals surface area contributed by atoms with Gasteiger partial charge in [0.15, 0.2) is 0 Å². The predicted molar refractivity (Wildman–Crippen MR) is 81.0 cm³/mol. The van der Waals surface area contributed by atoms with Crippen molar-refractivity contribution in [2.24, 2.45) is 11.3 Å². The Morgan fingerprint density at radius 3 is 2.22 bits per heavy atom. The number of nitrogens with one attached hydrogen (secondary N) is 1. The minimum absolute atomic E-state index is 0.444. The minimum Gasteiger partial charge on any atom is -0.316 e. The molecule has 0 aromatic rings. The molecular weight excluding hydrogens is 220 g/mol. The molecule has 0 saturated carbocycles. The second-order valence-electron chi connectivity index (χ2n) is 6.88. The standard InChI is InChI=1S/C16H34N2/c1-5-16(4,13-17-12-15(2)3)14-18-10-8-6-7-9-11-18/h15,17H,5-14H2,1-4H3. The molecule has 1 fully saturated rings. The fourth-order valence-electron chi connectivity index (χ4n) is 2.79. The van der Waals surface area contributed by atoms with Crippen molar-refractivity contribution in [3.63, 3.8) is 0 Å². The Morgan fingerprint density at radius 2 is 1.72 bits per heavy atom. The first kappa shape index (κ1) is 16.0. The highest BCUT2D eigenvalue weighted by atomic mass is 15.1. The SMILES string of the molecule is CCC(C)(CNCC(C)C)CN1CCCCCC1. The third-order valence-electron chi connectivity index (χ3n) is 4.26. The van der Waals surface area contributed by atoms with Crippen LogP contribution in [0.2, 0.25) is 0 Å². The van der Waals surface area contributed by atoms with Crippen LogP contribution in [0.25, 0.3) is 0 Å². The van der Waals surface area contributed by atoms with Crippen molar-refractivity contribution >= 4 is 0 Å². The van der Waals surface area contributed by atoms with Gasteiger partial charge in [0, 0.05) is 13.1 Å². The van der Waals surface area contributed by atoms with Crippen molar-refractivity contribution in [3.8, 4) is 0 Å². The highest BCUT2D eigenvalue weighted by molar-refractivity contribution is 4.80.